The Hall–Kier alpha value is -1.39. The number of rotatable bonds is 4. The van der Waals surface area contributed by atoms with Crippen LogP contribution in [0.25, 0.3) is 0 Å². The van der Waals surface area contributed by atoms with Gasteiger partial charge in [-0.2, -0.15) is 0 Å². The summed E-state index contributed by atoms with van der Waals surface area (Å²) in [4.78, 5) is 10.0. The van der Waals surface area contributed by atoms with Crippen molar-refractivity contribution in [2.75, 3.05) is 0 Å². The lowest BCUT2D eigenvalue weighted by atomic mass is 10.1. The second kappa shape index (κ2) is 5.29. The second-order valence-electron chi connectivity index (χ2n) is 2.63. The average molecular weight is 185 g/mol. The third kappa shape index (κ3) is 3.68. The third-order valence-corrected chi connectivity index (χ3v) is 1.74. The molecule has 0 aliphatic rings. The minimum Gasteiger partial charge on any atom is -0.411 e. The zero-order valence-electron chi connectivity index (χ0n) is 7.73. The second-order valence-corrected chi connectivity index (χ2v) is 2.63. The number of nitrogens with zero attached hydrogens (tertiary/aromatic N) is 2. The summed E-state index contributed by atoms with van der Waals surface area (Å²) in [6.07, 6.45) is 1.96. The van der Waals surface area contributed by atoms with Crippen molar-refractivity contribution < 1.29 is 10.1 Å². The maximum Gasteiger partial charge on any atom is 0.231 e. The van der Waals surface area contributed by atoms with Crippen LogP contribution in [0.3, 0.4) is 0 Å². The van der Waals surface area contributed by atoms with E-state index >= 15 is 0 Å². The maximum atomic E-state index is 10.4. The lowest BCUT2D eigenvalue weighted by Gasteiger charge is -2.05. The first-order chi connectivity index (χ1) is 6.02. The summed E-state index contributed by atoms with van der Waals surface area (Å²) in [5.41, 5.74) is 0.721. The van der Waals surface area contributed by atoms with E-state index in [4.69, 9.17) is 5.21 Å². The zero-order valence-corrected chi connectivity index (χ0v) is 7.73. The van der Waals surface area contributed by atoms with E-state index in [-0.39, 0.29) is 10.6 Å². The van der Waals surface area contributed by atoms with E-state index in [2.05, 4.69) is 12.1 Å². The third-order valence-electron chi connectivity index (χ3n) is 1.74. The van der Waals surface area contributed by atoms with Crippen LogP contribution < -0.4 is 0 Å². The molecule has 0 saturated heterocycles. The SMILES string of the molecule is [CH2]C(C=C(CC)C(C)[N+](=O)[O-])=NO. The van der Waals surface area contributed by atoms with Crippen molar-refractivity contribution in [1.82, 2.24) is 0 Å². The highest BCUT2D eigenvalue weighted by Gasteiger charge is 2.17. The van der Waals surface area contributed by atoms with Crippen LogP contribution in [-0.4, -0.2) is 21.9 Å². The largest absolute Gasteiger partial charge is 0.411 e. The van der Waals surface area contributed by atoms with Crippen molar-refractivity contribution in [2.24, 2.45) is 5.16 Å². The lowest BCUT2D eigenvalue weighted by molar-refractivity contribution is -0.507. The first-order valence-electron chi connectivity index (χ1n) is 3.90. The Labute approximate surface area is 76.9 Å². The van der Waals surface area contributed by atoms with E-state index < -0.39 is 6.04 Å². The number of nitro groups is 1. The van der Waals surface area contributed by atoms with Gasteiger partial charge < -0.3 is 5.21 Å². The Balaban J connectivity index is 4.69. The summed E-state index contributed by atoms with van der Waals surface area (Å²) in [7, 11) is 0. The summed E-state index contributed by atoms with van der Waals surface area (Å²) < 4.78 is 0. The van der Waals surface area contributed by atoms with Gasteiger partial charge in [-0.25, -0.2) is 0 Å². The molecule has 0 aromatic heterocycles. The number of hydrogen-bond donors (Lipinski definition) is 1. The highest BCUT2D eigenvalue weighted by Crippen LogP contribution is 2.09. The number of hydrogen-bond acceptors (Lipinski definition) is 4. The Morgan fingerprint density at radius 2 is 2.38 bits per heavy atom. The molecule has 0 rings (SSSR count). The van der Waals surface area contributed by atoms with Crippen LogP contribution in [0.5, 0.6) is 0 Å². The van der Waals surface area contributed by atoms with Gasteiger partial charge in [0, 0.05) is 17.4 Å². The minimum atomic E-state index is -0.761. The van der Waals surface area contributed by atoms with Crippen LogP contribution in [0.15, 0.2) is 16.8 Å². The Bertz CT molecular complexity index is 246. The van der Waals surface area contributed by atoms with Gasteiger partial charge in [0.1, 0.15) is 0 Å². The maximum absolute atomic E-state index is 10.4. The summed E-state index contributed by atoms with van der Waals surface area (Å²) in [5, 5.41) is 21.5. The van der Waals surface area contributed by atoms with Gasteiger partial charge >= 0.3 is 0 Å². The van der Waals surface area contributed by atoms with Crippen molar-refractivity contribution in [3.63, 3.8) is 0 Å². The normalized spacial score (nSPS) is 15.6. The number of oxime groups is 1. The Morgan fingerprint density at radius 1 is 1.85 bits per heavy atom. The molecular formula is C8H13N2O3. The molecule has 0 aliphatic heterocycles. The number of allylic oxidation sites excluding steroid dienone is 1. The van der Waals surface area contributed by atoms with E-state index in [9.17, 15) is 10.1 Å². The molecule has 13 heavy (non-hydrogen) atoms. The highest BCUT2D eigenvalue weighted by molar-refractivity contribution is 5.98. The summed E-state index contributed by atoms with van der Waals surface area (Å²) in [6, 6.07) is -0.761. The molecule has 0 heterocycles. The first-order valence-corrected chi connectivity index (χ1v) is 3.90. The van der Waals surface area contributed by atoms with Crippen molar-refractivity contribution >= 4 is 5.71 Å². The summed E-state index contributed by atoms with van der Waals surface area (Å²) >= 11 is 0. The van der Waals surface area contributed by atoms with E-state index in [1.54, 1.807) is 6.92 Å². The molecule has 0 bridgehead atoms. The molecule has 5 heteroatoms. The summed E-state index contributed by atoms with van der Waals surface area (Å²) in [6.45, 7) is 6.68. The topological polar surface area (TPSA) is 75.7 Å². The van der Waals surface area contributed by atoms with Gasteiger partial charge in [-0.3, -0.25) is 10.1 Å². The molecule has 0 fully saturated rings. The molecule has 0 amide bonds. The Morgan fingerprint density at radius 3 is 2.69 bits per heavy atom. The molecule has 0 saturated carbocycles. The average Bonchev–Trinajstić information content (AvgIpc) is 2.12. The van der Waals surface area contributed by atoms with Crippen LogP contribution in [0, 0.1) is 17.0 Å². The molecule has 0 aliphatic carbocycles. The molecular weight excluding hydrogens is 172 g/mol. The molecule has 0 aromatic rings. The van der Waals surface area contributed by atoms with Crippen LogP contribution in [0.2, 0.25) is 0 Å². The zero-order chi connectivity index (χ0) is 10.4. The molecule has 73 valence electrons. The molecule has 5 nitrogen and oxygen atoms in total. The van der Waals surface area contributed by atoms with Gasteiger partial charge in [0.05, 0.1) is 5.71 Å². The lowest BCUT2D eigenvalue weighted by Crippen LogP contribution is -2.18. The van der Waals surface area contributed by atoms with Crippen LogP contribution in [0.4, 0.5) is 0 Å². The van der Waals surface area contributed by atoms with Crippen molar-refractivity contribution in [1.29, 1.82) is 0 Å². The molecule has 1 unspecified atom stereocenters. The monoisotopic (exact) mass is 185 g/mol. The smallest absolute Gasteiger partial charge is 0.231 e. The van der Waals surface area contributed by atoms with Gasteiger partial charge in [-0.1, -0.05) is 12.1 Å². The molecule has 1 radical (unpaired) electrons. The van der Waals surface area contributed by atoms with E-state index in [1.165, 1.54) is 13.0 Å². The van der Waals surface area contributed by atoms with Gasteiger partial charge in [0.25, 0.3) is 0 Å². The van der Waals surface area contributed by atoms with Crippen LogP contribution in [-0.2, 0) is 0 Å². The predicted octanol–water partition coefficient (Wildman–Crippen LogP) is 1.65. The van der Waals surface area contributed by atoms with Crippen molar-refractivity contribution in [2.45, 2.75) is 26.3 Å². The summed E-state index contributed by atoms with van der Waals surface area (Å²) in [5.74, 6) is 0. The van der Waals surface area contributed by atoms with Crippen molar-refractivity contribution in [3.05, 3.63) is 28.7 Å². The first kappa shape index (κ1) is 11.6. The van der Waals surface area contributed by atoms with Gasteiger partial charge in [-0.05, 0) is 19.4 Å². The Kier molecular flexibility index (Phi) is 4.72. The molecule has 1 atom stereocenters. The van der Waals surface area contributed by atoms with Crippen molar-refractivity contribution in [3.8, 4) is 0 Å². The molecule has 1 N–H and O–H groups in total. The van der Waals surface area contributed by atoms with E-state index in [0.29, 0.717) is 12.0 Å². The molecule has 0 spiro atoms. The van der Waals surface area contributed by atoms with Crippen LogP contribution in [0.1, 0.15) is 20.3 Å². The standard InChI is InChI=1S/C8H13N2O3/c1-4-8(5-6(2)9-11)7(3)10(12)13/h5,7,11H,2,4H2,1,3H3. The van der Waals surface area contributed by atoms with Gasteiger partial charge in [-0.15, -0.1) is 0 Å². The molecule has 0 aromatic carbocycles. The van der Waals surface area contributed by atoms with E-state index in [0.717, 1.165) is 0 Å². The fourth-order valence-electron chi connectivity index (χ4n) is 0.896. The van der Waals surface area contributed by atoms with E-state index in [1.807, 2.05) is 0 Å². The highest BCUT2D eigenvalue weighted by atomic mass is 16.6. The predicted molar refractivity (Wildman–Crippen MR) is 49.4 cm³/mol. The minimum absolute atomic E-state index is 0.130. The fourth-order valence-corrected chi connectivity index (χ4v) is 0.896. The fraction of sp³-hybridized carbons (Fsp3) is 0.500. The van der Waals surface area contributed by atoms with Crippen LogP contribution >= 0.6 is 0 Å². The van der Waals surface area contributed by atoms with Gasteiger partial charge in [0.2, 0.25) is 6.04 Å². The van der Waals surface area contributed by atoms with Gasteiger partial charge in [0.15, 0.2) is 0 Å². The quantitative estimate of drug-likeness (QED) is 0.313.